The van der Waals surface area contributed by atoms with Gasteiger partial charge in [-0.05, 0) is 55.8 Å². The molecule has 3 nitrogen and oxygen atoms in total. The number of carbonyl (C=O) groups excluding carboxylic acids is 1. The molecule has 0 aromatic heterocycles. The molecule has 2 aromatic rings. The Kier molecular flexibility index (Phi) is 4.33. The number of hydrogen-bond donors (Lipinski definition) is 1. The molecule has 0 fully saturated rings. The molecule has 0 aliphatic carbocycles. The molecule has 2 aromatic carbocycles. The lowest BCUT2D eigenvalue weighted by Gasteiger charge is -2.28. The zero-order valence-corrected chi connectivity index (χ0v) is 14.8. The number of ether oxygens (including phenoxy) is 1. The van der Waals surface area contributed by atoms with E-state index in [0.717, 1.165) is 5.56 Å². The second-order valence-electron chi connectivity index (χ2n) is 6.26. The molecule has 0 unspecified atom stereocenters. The third kappa shape index (κ3) is 3.28. The fourth-order valence-corrected chi connectivity index (χ4v) is 2.92. The van der Waals surface area contributed by atoms with Gasteiger partial charge in [0, 0.05) is 6.42 Å². The van der Waals surface area contributed by atoms with Gasteiger partial charge in [0.05, 0.1) is 21.2 Å². The van der Waals surface area contributed by atoms with Crippen LogP contribution in [0.15, 0.2) is 36.4 Å². The van der Waals surface area contributed by atoms with E-state index in [9.17, 15) is 9.90 Å². The summed E-state index contributed by atoms with van der Waals surface area (Å²) in [6.07, 6.45) is 3.76. The van der Waals surface area contributed by atoms with E-state index >= 15 is 0 Å². The van der Waals surface area contributed by atoms with Crippen LogP contribution in [0.5, 0.6) is 11.5 Å². The van der Waals surface area contributed by atoms with Gasteiger partial charge in [0.1, 0.15) is 17.1 Å². The maximum Gasteiger partial charge on any atom is 0.170 e. The number of hydrogen-bond acceptors (Lipinski definition) is 3. The average molecular weight is 363 g/mol. The number of halogens is 2. The molecular weight excluding hydrogens is 347 g/mol. The van der Waals surface area contributed by atoms with Crippen LogP contribution in [0.4, 0.5) is 0 Å². The van der Waals surface area contributed by atoms with Crippen LogP contribution in [-0.2, 0) is 6.42 Å². The maximum atomic E-state index is 12.5. The molecule has 1 aliphatic rings. The minimum Gasteiger partial charge on any atom is -0.506 e. The number of rotatable bonds is 3. The highest BCUT2D eigenvalue weighted by atomic mass is 35.5. The molecule has 24 heavy (non-hydrogen) atoms. The highest BCUT2D eigenvalue weighted by Crippen LogP contribution is 2.38. The highest BCUT2D eigenvalue weighted by Gasteiger charge is 2.25. The van der Waals surface area contributed by atoms with Gasteiger partial charge in [-0.25, -0.2) is 0 Å². The maximum absolute atomic E-state index is 12.5. The summed E-state index contributed by atoms with van der Waals surface area (Å²) in [5.74, 6) is 0.294. The molecule has 1 heterocycles. The summed E-state index contributed by atoms with van der Waals surface area (Å²) < 4.78 is 5.79. The molecule has 0 spiro atoms. The summed E-state index contributed by atoms with van der Waals surface area (Å²) in [4.78, 5) is 12.5. The Hall–Kier alpha value is -1.97. The largest absolute Gasteiger partial charge is 0.506 e. The summed E-state index contributed by atoms with van der Waals surface area (Å²) >= 11 is 11.9. The molecule has 3 rings (SSSR count). The molecular formula is C19H16Cl2O3. The van der Waals surface area contributed by atoms with Gasteiger partial charge in [0.15, 0.2) is 5.78 Å². The van der Waals surface area contributed by atoms with Crippen LogP contribution < -0.4 is 4.74 Å². The first-order valence-electron chi connectivity index (χ1n) is 7.48. The zero-order chi connectivity index (χ0) is 17.5. The molecule has 0 atom stereocenters. The van der Waals surface area contributed by atoms with E-state index in [1.165, 1.54) is 0 Å². The van der Waals surface area contributed by atoms with Crippen LogP contribution in [0.3, 0.4) is 0 Å². The lowest BCUT2D eigenvalue weighted by Crippen LogP contribution is -2.27. The van der Waals surface area contributed by atoms with E-state index in [4.69, 9.17) is 27.9 Å². The van der Waals surface area contributed by atoms with Crippen molar-refractivity contribution in [1.82, 2.24) is 0 Å². The fraction of sp³-hybridized carbons (Fsp3) is 0.211. The van der Waals surface area contributed by atoms with Gasteiger partial charge in [-0.1, -0.05) is 29.3 Å². The lowest BCUT2D eigenvalue weighted by molar-refractivity contribution is 0.0990. The monoisotopic (exact) mass is 362 g/mol. The minimum absolute atomic E-state index is 0.0655. The smallest absolute Gasteiger partial charge is 0.170 e. The Morgan fingerprint density at radius 3 is 2.62 bits per heavy atom. The number of Topliss-reactive ketones (excluding diaryl/α,β-unsaturated/α-hetero) is 1. The molecule has 1 aliphatic heterocycles. The second kappa shape index (κ2) is 6.15. The molecule has 0 bridgehead atoms. The molecule has 0 saturated heterocycles. The minimum atomic E-state index is -0.439. The predicted molar refractivity (Wildman–Crippen MR) is 96.3 cm³/mol. The van der Waals surface area contributed by atoms with Crippen molar-refractivity contribution in [1.29, 1.82) is 0 Å². The van der Waals surface area contributed by atoms with Crippen molar-refractivity contribution in [2.45, 2.75) is 25.9 Å². The van der Waals surface area contributed by atoms with Crippen molar-refractivity contribution in [3.8, 4) is 11.5 Å². The van der Waals surface area contributed by atoms with Crippen molar-refractivity contribution in [3.63, 3.8) is 0 Å². The Bertz CT molecular complexity index is 854. The van der Waals surface area contributed by atoms with Crippen molar-refractivity contribution in [2.24, 2.45) is 0 Å². The van der Waals surface area contributed by atoms with E-state index in [-0.39, 0.29) is 23.5 Å². The van der Waals surface area contributed by atoms with Gasteiger partial charge in [-0.2, -0.15) is 0 Å². The van der Waals surface area contributed by atoms with Gasteiger partial charge >= 0.3 is 0 Å². The van der Waals surface area contributed by atoms with Gasteiger partial charge in [0.25, 0.3) is 0 Å². The first-order chi connectivity index (χ1) is 11.3. The molecule has 0 saturated carbocycles. The number of fused-ring (bicyclic) bond motifs is 1. The highest BCUT2D eigenvalue weighted by molar-refractivity contribution is 6.42. The van der Waals surface area contributed by atoms with Crippen LogP contribution in [-0.4, -0.2) is 16.5 Å². The van der Waals surface area contributed by atoms with Gasteiger partial charge in [-0.3, -0.25) is 4.79 Å². The fourth-order valence-electron chi connectivity index (χ4n) is 2.60. The average Bonchev–Trinajstić information content (AvgIpc) is 2.50. The summed E-state index contributed by atoms with van der Waals surface area (Å²) in [7, 11) is 0. The quantitative estimate of drug-likeness (QED) is 0.752. The first-order valence-corrected chi connectivity index (χ1v) is 8.24. The number of carbonyl (C=O) groups is 1. The number of phenolic OH excluding ortho intramolecular Hbond substituents is 1. The van der Waals surface area contributed by atoms with Crippen LogP contribution in [0.2, 0.25) is 10.0 Å². The van der Waals surface area contributed by atoms with Crippen molar-refractivity contribution in [2.75, 3.05) is 0 Å². The predicted octanol–water partition coefficient (Wildman–Crippen LogP) is 5.31. The SMILES string of the molecule is CC1(C)C=Cc2c(ccc(C(=O)Cc3ccc(Cl)c(Cl)c3)c2O)O1. The van der Waals surface area contributed by atoms with Crippen molar-refractivity contribution < 1.29 is 14.6 Å². The van der Waals surface area contributed by atoms with Crippen LogP contribution >= 0.6 is 23.2 Å². The van der Waals surface area contributed by atoms with Crippen LogP contribution in [0.1, 0.15) is 35.3 Å². The summed E-state index contributed by atoms with van der Waals surface area (Å²) in [5, 5.41) is 11.3. The Morgan fingerprint density at radius 2 is 1.92 bits per heavy atom. The van der Waals surface area contributed by atoms with Gasteiger partial charge in [-0.15, -0.1) is 0 Å². The Balaban J connectivity index is 1.90. The van der Waals surface area contributed by atoms with E-state index in [0.29, 0.717) is 21.4 Å². The van der Waals surface area contributed by atoms with E-state index < -0.39 is 5.60 Å². The van der Waals surface area contributed by atoms with Crippen LogP contribution in [0.25, 0.3) is 6.08 Å². The van der Waals surface area contributed by atoms with E-state index in [1.54, 1.807) is 36.4 Å². The number of benzene rings is 2. The third-order valence-electron chi connectivity index (χ3n) is 3.85. The summed E-state index contributed by atoms with van der Waals surface area (Å²) in [6.45, 7) is 3.85. The number of aromatic hydroxyl groups is 1. The summed E-state index contributed by atoms with van der Waals surface area (Å²) in [5.41, 5.74) is 1.08. The molecule has 0 radical (unpaired) electrons. The Labute approximate surface area is 150 Å². The summed E-state index contributed by atoms with van der Waals surface area (Å²) in [6, 6.07) is 8.35. The molecule has 124 valence electrons. The van der Waals surface area contributed by atoms with E-state index in [1.807, 2.05) is 19.9 Å². The van der Waals surface area contributed by atoms with Crippen molar-refractivity contribution >= 4 is 35.1 Å². The van der Waals surface area contributed by atoms with Crippen LogP contribution in [0, 0.1) is 0 Å². The zero-order valence-electron chi connectivity index (χ0n) is 13.3. The Morgan fingerprint density at radius 1 is 1.17 bits per heavy atom. The van der Waals surface area contributed by atoms with Gasteiger partial charge < -0.3 is 9.84 Å². The van der Waals surface area contributed by atoms with Gasteiger partial charge in [0.2, 0.25) is 0 Å². The normalized spacial score (nSPS) is 14.8. The molecule has 0 amide bonds. The first kappa shape index (κ1) is 16.9. The third-order valence-corrected chi connectivity index (χ3v) is 4.59. The van der Waals surface area contributed by atoms with Crippen molar-refractivity contribution in [3.05, 3.63) is 63.1 Å². The number of ketones is 1. The lowest BCUT2D eigenvalue weighted by atomic mass is 9.96. The van der Waals surface area contributed by atoms with E-state index in [2.05, 4.69) is 0 Å². The second-order valence-corrected chi connectivity index (χ2v) is 7.08. The number of phenols is 1. The molecule has 5 heteroatoms. The standard InChI is InChI=1S/C19H16Cl2O3/c1-19(2)8-7-13-17(24-19)6-4-12(18(13)23)16(22)10-11-3-5-14(20)15(21)9-11/h3-9,23H,10H2,1-2H3. The molecule has 1 N–H and O–H groups in total. The topological polar surface area (TPSA) is 46.5 Å².